The molecule has 5 heteroatoms. The summed E-state index contributed by atoms with van der Waals surface area (Å²) in [5.41, 5.74) is 1.78. The summed E-state index contributed by atoms with van der Waals surface area (Å²) in [6, 6.07) is 5.50. The maximum absolute atomic E-state index is 11.5. The molecule has 0 heterocycles. The third-order valence-electron chi connectivity index (χ3n) is 2.42. The van der Waals surface area contributed by atoms with Gasteiger partial charge in [0.15, 0.2) is 0 Å². The van der Waals surface area contributed by atoms with Crippen molar-refractivity contribution in [3.63, 3.8) is 0 Å². The summed E-state index contributed by atoms with van der Waals surface area (Å²) >= 11 is 0. The first-order valence-electron chi connectivity index (χ1n) is 5.39. The van der Waals surface area contributed by atoms with Crippen molar-refractivity contribution in [2.45, 2.75) is 20.0 Å². The van der Waals surface area contributed by atoms with Crippen molar-refractivity contribution >= 4 is 11.9 Å². The molecule has 0 saturated carbocycles. The summed E-state index contributed by atoms with van der Waals surface area (Å²) < 4.78 is 14.4. The quantitative estimate of drug-likeness (QED) is 0.598. The van der Waals surface area contributed by atoms with Crippen LogP contribution in [0.2, 0.25) is 0 Å². The zero-order chi connectivity index (χ0) is 13.7. The summed E-state index contributed by atoms with van der Waals surface area (Å²) in [6.07, 6.45) is -1.40. The Balaban J connectivity index is 2.99. The van der Waals surface area contributed by atoms with Gasteiger partial charge in [-0.05, 0) is 31.0 Å². The molecule has 98 valence electrons. The molecule has 0 aliphatic heterocycles. The minimum absolute atomic E-state index is 0.454. The summed E-state index contributed by atoms with van der Waals surface area (Å²) in [7, 11) is 2.37. The van der Waals surface area contributed by atoms with E-state index in [-0.39, 0.29) is 0 Å². The lowest BCUT2D eigenvalue weighted by molar-refractivity contribution is -0.163. The summed E-state index contributed by atoms with van der Waals surface area (Å²) in [4.78, 5) is 22.9. The average Bonchev–Trinajstić information content (AvgIpc) is 2.38. The molecule has 0 spiro atoms. The second kappa shape index (κ2) is 6.05. The van der Waals surface area contributed by atoms with Crippen LogP contribution in [-0.2, 0) is 19.1 Å². The van der Waals surface area contributed by atoms with Gasteiger partial charge in [-0.2, -0.15) is 0 Å². The predicted molar refractivity (Wildman–Crippen MR) is 64.4 cm³/mol. The normalized spacial score (nSPS) is 10.1. The number of esters is 2. The maximum Gasteiger partial charge on any atom is 0.359 e. The number of methoxy groups -OCH3 is 2. The highest BCUT2D eigenvalue weighted by Gasteiger charge is 2.31. The van der Waals surface area contributed by atoms with Crippen molar-refractivity contribution < 1.29 is 23.8 Å². The SMILES string of the molecule is COC(=O)C(Oc1cc(C)ccc1C)C(=O)OC. The van der Waals surface area contributed by atoms with Crippen LogP contribution in [0.25, 0.3) is 0 Å². The molecule has 5 nitrogen and oxygen atoms in total. The molecule has 0 amide bonds. The molecule has 0 radical (unpaired) electrons. The Morgan fingerprint density at radius 2 is 1.61 bits per heavy atom. The van der Waals surface area contributed by atoms with E-state index in [4.69, 9.17) is 4.74 Å². The van der Waals surface area contributed by atoms with Crippen LogP contribution in [0.5, 0.6) is 5.75 Å². The molecule has 0 aliphatic rings. The zero-order valence-corrected chi connectivity index (χ0v) is 10.9. The molecule has 18 heavy (non-hydrogen) atoms. The molecule has 0 aromatic heterocycles. The van der Waals surface area contributed by atoms with E-state index in [1.807, 2.05) is 26.0 Å². The average molecular weight is 252 g/mol. The predicted octanol–water partition coefficient (Wildman–Crippen LogP) is 1.40. The standard InChI is InChI=1S/C13H16O5/c1-8-5-6-9(2)10(7-8)18-11(12(14)16-3)13(15)17-4/h5-7,11H,1-4H3. The van der Waals surface area contributed by atoms with Gasteiger partial charge in [0.25, 0.3) is 6.10 Å². The summed E-state index contributed by atoms with van der Waals surface area (Å²) in [5, 5.41) is 0. The molecule has 1 rings (SSSR count). The Morgan fingerprint density at radius 3 is 2.11 bits per heavy atom. The fraction of sp³-hybridized carbons (Fsp3) is 0.385. The van der Waals surface area contributed by atoms with E-state index in [1.54, 1.807) is 6.07 Å². The van der Waals surface area contributed by atoms with Crippen LogP contribution in [0, 0.1) is 13.8 Å². The number of carbonyl (C=O) groups is 2. The minimum Gasteiger partial charge on any atom is -0.467 e. The number of hydrogen-bond acceptors (Lipinski definition) is 5. The number of aryl methyl sites for hydroxylation is 2. The van der Waals surface area contributed by atoms with E-state index in [0.29, 0.717) is 5.75 Å². The Labute approximate surface area is 106 Å². The minimum atomic E-state index is -1.40. The van der Waals surface area contributed by atoms with Gasteiger partial charge < -0.3 is 14.2 Å². The molecule has 1 aromatic carbocycles. The molecule has 0 fully saturated rings. The van der Waals surface area contributed by atoms with Crippen LogP contribution < -0.4 is 4.74 Å². The lowest BCUT2D eigenvalue weighted by atomic mass is 10.1. The van der Waals surface area contributed by atoms with Crippen LogP contribution in [0.3, 0.4) is 0 Å². The van der Waals surface area contributed by atoms with Gasteiger partial charge in [-0.1, -0.05) is 12.1 Å². The van der Waals surface area contributed by atoms with Crippen LogP contribution in [0.15, 0.2) is 18.2 Å². The second-order valence-corrected chi connectivity index (χ2v) is 3.81. The summed E-state index contributed by atoms with van der Waals surface area (Å²) in [6.45, 7) is 3.71. The van der Waals surface area contributed by atoms with Crippen molar-refractivity contribution in [3.05, 3.63) is 29.3 Å². The Morgan fingerprint density at radius 1 is 1.06 bits per heavy atom. The van der Waals surface area contributed by atoms with E-state index in [1.165, 1.54) is 14.2 Å². The molecule has 0 N–H and O–H groups in total. The molecule has 0 bridgehead atoms. The maximum atomic E-state index is 11.5. The molecule has 0 atom stereocenters. The first kappa shape index (κ1) is 14.0. The van der Waals surface area contributed by atoms with Gasteiger partial charge in [0.1, 0.15) is 5.75 Å². The molecule has 1 aromatic rings. The lowest BCUT2D eigenvalue weighted by Gasteiger charge is -2.16. The number of ether oxygens (including phenoxy) is 3. The van der Waals surface area contributed by atoms with Crippen LogP contribution >= 0.6 is 0 Å². The van der Waals surface area contributed by atoms with Crippen molar-refractivity contribution in [3.8, 4) is 5.75 Å². The first-order valence-corrected chi connectivity index (χ1v) is 5.39. The molecule has 0 aliphatic carbocycles. The molecular weight excluding hydrogens is 236 g/mol. The van der Waals surface area contributed by atoms with Crippen molar-refractivity contribution in [1.29, 1.82) is 0 Å². The fourth-order valence-corrected chi connectivity index (χ4v) is 1.37. The molecular formula is C13H16O5. The highest BCUT2D eigenvalue weighted by atomic mass is 16.6. The van der Waals surface area contributed by atoms with E-state index in [9.17, 15) is 9.59 Å². The highest BCUT2D eigenvalue weighted by molar-refractivity contribution is 5.98. The third-order valence-corrected chi connectivity index (χ3v) is 2.42. The van der Waals surface area contributed by atoms with E-state index in [2.05, 4.69) is 9.47 Å². The monoisotopic (exact) mass is 252 g/mol. The zero-order valence-electron chi connectivity index (χ0n) is 10.9. The van der Waals surface area contributed by atoms with E-state index >= 15 is 0 Å². The largest absolute Gasteiger partial charge is 0.467 e. The van der Waals surface area contributed by atoms with Crippen molar-refractivity contribution in [2.75, 3.05) is 14.2 Å². The summed E-state index contributed by atoms with van der Waals surface area (Å²) in [5.74, 6) is -1.12. The van der Waals surface area contributed by atoms with Gasteiger partial charge in [0.05, 0.1) is 14.2 Å². The van der Waals surface area contributed by atoms with Crippen LogP contribution in [0.1, 0.15) is 11.1 Å². The van der Waals surface area contributed by atoms with Crippen LogP contribution in [-0.4, -0.2) is 32.3 Å². The van der Waals surface area contributed by atoms with E-state index in [0.717, 1.165) is 11.1 Å². The van der Waals surface area contributed by atoms with Gasteiger partial charge >= 0.3 is 11.9 Å². The van der Waals surface area contributed by atoms with Gasteiger partial charge in [-0.25, -0.2) is 9.59 Å². The Kier molecular flexibility index (Phi) is 4.71. The topological polar surface area (TPSA) is 61.8 Å². The van der Waals surface area contributed by atoms with Gasteiger partial charge in [-0.3, -0.25) is 0 Å². The van der Waals surface area contributed by atoms with E-state index < -0.39 is 18.0 Å². The van der Waals surface area contributed by atoms with Crippen molar-refractivity contribution in [1.82, 2.24) is 0 Å². The number of benzene rings is 1. The van der Waals surface area contributed by atoms with Gasteiger partial charge in [0.2, 0.25) is 0 Å². The smallest absolute Gasteiger partial charge is 0.359 e. The number of carbonyl (C=O) groups excluding carboxylic acids is 2. The third kappa shape index (κ3) is 3.23. The molecule has 0 unspecified atom stereocenters. The van der Waals surface area contributed by atoms with Gasteiger partial charge in [0, 0.05) is 0 Å². The van der Waals surface area contributed by atoms with Crippen molar-refractivity contribution in [2.24, 2.45) is 0 Å². The second-order valence-electron chi connectivity index (χ2n) is 3.81. The number of hydrogen-bond donors (Lipinski definition) is 0. The first-order chi connectivity index (χ1) is 8.49. The Bertz CT molecular complexity index is 437. The van der Waals surface area contributed by atoms with Crippen LogP contribution in [0.4, 0.5) is 0 Å². The van der Waals surface area contributed by atoms with Gasteiger partial charge in [-0.15, -0.1) is 0 Å². The highest BCUT2D eigenvalue weighted by Crippen LogP contribution is 2.21. The number of rotatable bonds is 4. The lowest BCUT2D eigenvalue weighted by Crippen LogP contribution is -2.37. The Hall–Kier alpha value is -2.04. The molecule has 0 saturated heterocycles. The fourth-order valence-electron chi connectivity index (χ4n) is 1.37.